The molecule has 0 aliphatic rings. The van der Waals surface area contributed by atoms with Crippen LogP contribution in [0, 0.1) is 5.92 Å². The molecule has 1 aromatic rings. The number of halogens is 1. The van der Waals surface area contributed by atoms with E-state index in [0.29, 0.717) is 4.47 Å². The van der Waals surface area contributed by atoms with Gasteiger partial charge in [0.15, 0.2) is 4.47 Å². The molecule has 1 nitrogen and oxygen atoms in total. The third kappa shape index (κ3) is 5.31. The van der Waals surface area contributed by atoms with Gasteiger partial charge in [-0.2, -0.15) is 0 Å². The summed E-state index contributed by atoms with van der Waals surface area (Å²) in [5.41, 5.74) is 0. The predicted molar refractivity (Wildman–Crippen MR) is 73.4 cm³/mol. The molecule has 1 heterocycles. The predicted octanol–water partition coefficient (Wildman–Crippen LogP) is 5.34. The van der Waals surface area contributed by atoms with Crippen LogP contribution < -0.4 is 0 Å². The molecule has 0 aliphatic carbocycles. The Bertz CT molecular complexity index is 277. The first-order chi connectivity index (χ1) is 7.76. The average Bonchev–Trinajstić information content (AvgIpc) is 2.68. The van der Waals surface area contributed by atoms with Crippen molar-refractivity contribution in [2.24, 2.45) is 5.92 Å². The van der Waals surface area contributed by atoms with Crippen LogP contribution >= 0.6 is 22.9 Å². The molecule has 0 bridgehead atoms. The summed E-state index contributed by atoms with van der Waals surface area (Å²) < 4.78 is 0.680. The van der Waals surface area contributed by atoms with Crippen molar-refractivity contribution in [3.05, 3.63) is 15.5 Å². The zero-order valence-electron chi connectivity index (χ0n) is 10.3. The lowest BCUT2D eigenvalue weighted by Crippen LogP contribution is -2.03. The quantitative estimate of drug-likeness (QED) is 0.614. The highest BCUT2D eigenvalue weighted by molar-refractivity contribution is 7.15. The number of hydrogen-bond donors (Lipinski definition) is 0. The zero-order chi connectivity index (χ0) is 11.8. The van der Waals surface area contributed by atoms with Crippen molar-refractivity contribution in [1.29, 1.82) is 0 Å². The van der Waals surface area contributed by atoms with Crippen LogP contribution in [0.3, 0.4) is 0 Å². The summed E-state index contributed by atoms with van der Waals surface area (Å²) in [6.07, 6.45) is 11.1. The van der Waals surface area contributed by atoms with Crippen LogP contribution in [0.25, 0.3) is 0 Å². The Morgan fingerprint density at radius 1 is 1.25 bits per heavy atom. The molecule has 0 unspecified atom stereocenters. The largest absolute Gasteiger partial charge is 0.233 e. The van der Waals surface area contributed by atoms with Gasteiger partial charge in [0.05, 0.1) is 0 Å². The van der Waals surface area contributed by atoms with Crippen molar-refractivity contribution in [3.63, 3.8) is 0 Å². The second kappa shape index (κ2) is 8.08. The molecule has 0 saturated carbocycles. The van der Waals surface area contributed by atoms with E-state index in [0.717, 1.165) is 5.92 Å². The normalized spacial score (nSPS) is 11.2. The van der Waals surface area contributed by atoms with E-state index in [4.69, 9.17) is 11.6 Å². The molecular weight excluding hydrogens is 238 g/mol. The lowest BCUT2D eigenvalue weighted by Gasteiger charge is -2.14. The van der Waals surface area contributed by atoms with Crippen molar-refractivity contribution >= 4 is 22.9 Å². The molecule has 0 amide bonds. The fourth-order valence-corrected chi connectivity index (χ4v) is 3.09. The molecule has 0 N–H and O–H groups in total. The van der Waals surface area contributed by atoms with Gasteiger partial charge >= 0.3 is 0 Å². The maximum atomic E-state index is 5.86. The van der Waals surface area contributed by atoms with Gasteiger partial charge in [0.1, 0.15) is 0 Å². The summed E-state index contributed by atoms with van der Waals surface area (Å²) in [7, 11) is 0. The van der Waals surface area contributed by atoms with Crippen LogP contribution in [-0.2, 0) is 6.42 Å². The molecule has 1 rings (SSSR count). The summed E-state index contributed by atoms with van der Waals surface area (Å²) in [6, 6.07) is 0. The molecule has 92 valence electrons. The fraction of sp³-hybridized carbons (Fsp3) is 0.769. The van der Waals surface area contributed by atoms with Crippen molar-refractivity contribution in [2.75, 3.05) is 0 Å². The molecule has 16 heavy (non-hydrogen) atoms. The number of rotatable bonds is 8. The number of hydrogen-bond acceptors (Lipinski definition) is 2. The van der Waals surface area contributed by atoms with Crippen LogP contribution in [0.1, 0.15) is 57.2 Å². The summed E-state index contributed by atoms with van der Waals surface area (Å²) in [4.78, 5) is 5.46. The second-order valence-electron chi connectivity index (χ2n) is 4.43. The maximum Gasteiger partial charge on any atom is 0.183 e. The van der Waals surface area contributed by atoms with Crippen LogP contribution in [0.4, 0.5) is 0 Å². The Morgan fingerprint density at radius 3 is 2.31 bits per heavy atom. The number of aromatic nitrogens is 1. The van der Waals surface area contributed by atoms with E-state index >= 15 is 0 Å². The van der Waals surface area contributed by atoms with Gasteiger partial charge in [-0.3, -0.25) is 0 Å². The van der Waals surface area contributed by atoms with Crippen molar-refractivity contribution < 1.29 is 0 Å². The molecule has 0 saturated heterocycles. The van der Waals surface area contributed by atoms with Gasteiger partial charge in [-0.1, -0.05) is 64.0 Å². The van der Waals surface area contributed by atoms with Gasteiger partial charge in [-0.05, 0) is 12.3 Å². The molecule has 3 heteroatoms. The van der Waals surface area contributed by atoms with E-state index in [1.54, 1.807) is 11.3 Å². The summed E-state index contributed by atoms with van der Waals surface area (Å²) in [5, 5.41) is 0. The fourth-order valence-electron chi connectivity index (χ4n) is 2.00. The van der Waals surface area contributed by atoms with Gasteiger partial charge < -0.3 is 0 Å². The van der Waals surface area contributed by atoms with E-state index in [1.807, 2.05) is 6.20 Å². The average molecular weight is 260 g/mol. The summed E-state index contributed by atoms with van der Waals surface area (Å²) >= 11 is 7.50. The molecule has 1 aromatic heterocycles. The molecule has 0 spiro atoms. The molecule has 0 aromatic carbocycles. The van der Waals surface area contributed by atoms with Gasteiger partial charge in [0.2, 0.25) is 0 Å². The van der Waals surface area contributed by atoms with E-state index in [-0.39, 0.29) is 0 Å². The number of thiazole rings is 1. The first kappa shape index (κ1) is 14.0. The van der Waals surface area contributed by atoms with Gasteiger partial charge in [-0.15, -0.1) is 11.3 Å². The van der Waals surface area contributed by atoms with Crippen LogP contribution in [0.5, 0.6) is 0 Å². The Morgan fingerprint density at radius 2 is 1.88 bits per heavy atom. The monoisotopic (exact) mass is 259 g/mol. The second-order valence-corrected chi connectivity index (χ2v) is 6.13. The number of nitrogens with zero attached hydrogens (tertiary/aromatic N) is 1. The van der Waals surface area contributed by atoms with Crippen LogP contribution in [0.2, 0.25) is 4.47 Å². The third-order valence-electron chi connectivity index (χ3n) is 2.95. The van der Waals surface area contributed by atoms with Gasteiger partial charge in [0.25, 0.3) is 0 Å². The van der Waals surface area contributed by atoms with Crippen LogP contribution in [0.15, 0.2) is 6.20 Å². The molecule has 0 atom stereocenters. The van der Waals surface area contributed by atoms with E-state index in [9.17, 15) is 0 Å². The topological polar surface area (TPSA) is 12.9 Å². The molecular formula is C13H22ClNS. The van der Waals surface area contributed by atoms with E-state index < -0.39 is 0 Å². The molecule has 0 radical (unpaired) electrons. The zero-order valence-corrected chi connectivity index (χ0v) is 11.9. The Hall–Kier alpha value is -0.0800. The highest BCUT2D eigenvalue weighted by Gasteiger charge is 2.10. The van der Waals surface area contributed by atoms with Crippen molar-refractivity contribution in [1.82, 2.24) is 4.98 Å². The minimum absolute atomic E-state index is 0.680. The highest BCUT2D eigenvalue weighted by atomic mass is 35.5. The Kier molecular flexibility index (Phi) is 7.06. The SMILES string of the molecule is CCCCC(CCCC)Cc1cnc(Cl)s1. The Balaban J connectivity index is 2.41. The molecule has 0 fully saturated rings. The minimum atomic E-state index is 0.680. The lowest BCUT2D eigenvalue weighted by molar-refractivity contribution is 0.419. The van der Waals surface area contributed by atoms with E-state index in [1.165, 1.54) is 49.8 Å². The summed E-state index contributed by atoms with van der Waals surface area (Å²) in [5.74, 6) is 0.830. The first-order valence-electron chi connectivity index (χ1n) is 6.36. The third-order valence-corrected chi connectivity index (χ3v) is 4.08. The smallest absolute Gasteiger partial charge is 0.183 e. The first-order valence-corrected chi connectivity index (χ1v) is 7.55. The minimum Gasteiger partial charge on any atom is -0.233 e. The highest BCUT2D eigenvalue weighted by Crippen LogP contribution is 2.25. The standard InChI is InChI=1S/C13H22ClNS/c1-3-5-7-11(8-6-4-2)9-12-10-15-13(14)16-12/h10-11H,3-9H2,1-2H3. The van der Waals surface area contributed by atoms with Crippen molar-refractivity contribution in [3.8, 4) is 0 Å². The molecule has 0 aliphatic heterocycles. The summed E-state index contributed by atoms with van der Waals surface area (Å²) in [6.45, 7) is 4.53. The maximum absolute atomic E-state index is 5.86. The van der Waals surface area contributed by atoms with Crippen molar-refractivity contribution in [2.45, 2.75) is 58.8 Å². The van der Waals surface area contributed by atoms with Crippen LogP contribution in [-0.4, -0.2) is 4.98 Å². The Labute approximate surface area is 108 Å². The number of unbranched alkanes of at least 4 members (excludes halogenated alkanes) is 2. The van der Waals surface area contributed by atoms with Gasteiger partial charge in [0, 0.05) is 11.1 Å². The van der Waals surface area contributed by atoms with Gasteiger partial charge in [-0.25, -0.2) is 4.98 Å². The lowest BCUT2D eigenvalue weighted by atomic mass is 9.92. The van der Waals surface area contributed by atoms with E-state index in [2.05, 4.69) is 18.8 Å².